The van der Waals surface area contributed by atoms with Gasteiger partial charge in [0.25, 0.3) is 11.8 Å². The number of ether oxygens (including phenoxy) is 1. The van der Waals surface area contributed by atoms with Crippen LogP contribution in [0.15, 0.2) is 48.5 Å². The van der Waals surface area contributed by atoms with Crippen molar-refractivity contribution in [3.8, 4) is 5.75 Å². The van der Waals surface area contributed by atoms with Crippen LogP contribution < -0.4 is 15.0 Å². The van der Waals surface area contributed by atoms with Gasteiger partial charge in [-0.05, 0) is 42.8 Å². The maximum atomic E-state index is 12.4. The van der Waals surface area contributed by atoms with Gasteiger partial charge in [0.1, 0.15) is 5.75 Å². The molecule has 0 radical (unpaired) electrons. The van der Waals surface area contributed by atoms with E-state index in [1.54, 1.807) is 48.4 Å². The number of hydrogen-bond donors (Lipinski definition) is 1. The van der Waals surface area contributed by atoms with Crippen LogP contribution in [-0.2, 0) is 9.59 Å². The Morgan fingerprint density at radius 2 is 1.68 bits per heavy atom. The molecule has 0 saturated carbocycles. The Bertz CT molecular complexity index is 999. The Labute approximate surface area is 179 Å². The summed E-state index contributed by atoms with van der Waals surface area (Å²) in [5.74, 6) is -0.194. The van der Waals surface area contributed by atoms with E-state index >= 15 is 0 Å². The number of hydrogen-bond acceptors (Lipinski definition) is 5. The zero-order valence-electron chi connectivity index (χ0n) is 17.2. The van der Waals surface area contributed by atoms with Gasteiger partial charge in [0.05, 0.1) is 24.3 Å². The molecular formula is C23H23N3O5. The number of amides is 4. The van der Waals surface area contributed by atoms with Crippen LogP contribution in [-0.4, -0.2) is 54.8 Å². The highest BCUT2D eigenvalue weighted by Gasteiger charge is 2.35. The summed E-state index contributed by atoms with van der Waals surface area (Å²) < 4.78 is 5.13. The van der Waals surface area contributed by atoms with Crippen molar-refractivity contribution in [3.63, 3.8) is 0 Å². The number of methoxy groups -OCH3 is 1. The summed E-state index contributed by atoms with van der Waals surface area (Å²) in [6, 6.07) is 13.6. The number of carbonyl (C=O) groups is 4. The second-order valence-corrected chi connectivity index (χ2v) is 7.58. The second-order valence-electron chi connectivity index (χ2n) is 7.58. The van der Waals surface area contributed by atoms with Crippen molar-refractivity contribution < 1.29 is 23.9 Å². The van der Waals surface area contributed by atoms with Crippen LogP contribution in [0.4, 0.5) is 5.69 Å². The van der Waals surface area contributed by atoms with E-state index in [9.17, 15) is 19.2 Å². The first-order valence-corrected chi connectivity index (χ1v) is 10.2. The largest absolute Gasteiger partial charge is 0.497 e. The molecule has 2 aliphatic heterocycles. The van der Waals surface area contributed by atoms with E-state index in [0.717, 1.165) is 5.69 Å². The minimum atomic E-state index is -0.322. The quantitative estimate of drug-likeness (QED) is 0.690. The van der Waals surface area contributed by atoms with Gasteiger partial charge in [0.2, 0.25) is 11.8 Å². The zero-order valence-corrected chi connectivity index (χ0v) is 17.2. The summed E-state index contributed by atoms with van der Waals surface area (Å²) in [6.45, 7) is 0.580. The van der Waals surface area contributed by atoms with Crippen LogP contribution in [0.1, 0.15) is 40.0 Å². The van der Waals surface area contributed by atoms with Crippen molar-refractivity contribution in [2.24, 2.45) is 0 Å². The number of fused-ring (bicyclic) bond motifs is 1. The van der Waals surface area contributed by atoms with Crippen LogP contribution in [0, 0.1) is 0 Å². The van der Waals surface area contributed by atoms with Gasteiger partial charge in [0.15, 0.2) is 0 Å². The smallest absolute Gasteiger partial charge is 0.261 e. The molecule has 8 heteroatoms. The molecule has 1 atom stereocenters. The number of rotatable bonds is 7. The lowest BCUT2D eigenvalue weighted by Crippen LogP contribution is -2.37. The molecule has 1 saturated heterocycles. The average Bonchev–Trinajstić information content (AvgIpc) is 3.26. The highest BCUT2D eigenvalue weighted by molar-refractivity contribution is 6.21. The molecule has 8 nitrogen and oxygen atoms in total. The summed E-state index contributed by atoms with van der Waals surface area (Å²) >= 11 is 0. The van der Waals surface area contributed by atoms with Crippen molar-refractivity contribution in [2.75, 3.05) is 25.1 Å². The molecule has 0 bridgehead atoms. The lowest BCUT2D eigenvalue weighted by atomic mass is 10.1. The summed E-state index contributed by atoms with van der Waals surface area (Å²) in [5, 5.41) is 2.88. The first kappa shape index (κ1) is 20.6. The minimum absolute atomic E-state index is 0.0542. The monoisotopic (exact) mass is 421 g/mol. The van der Waals surface area contributed by atoms with E-state index in [-0.39, 0.29) is 49.1 Å². The fraction of sp³-hybridized carbons (Fsp3) is 0.304. The third-order valence-electron chi connectivity index (χ3n) is 5.54. The topological polar surface area (TPSA) is 96.0 Å². The van der Waals surface area contributed by atoms with Crippen molar-refractivity contribution in [3.05, 3.63) is 59.7 Å². The van der Waals surface area contributed by atoms with E-state index in [1.165, 1.54) is 4.90 Å². The number of imide groups is 1. The fourth-order valence-electron chi connectivity index (χ4n) is 3.96. The lowest BCUT2D eigenvalue weighted by molar-refractivity contribution is -0.121. The maximum Gasteiger partial charge on any atom is 0.261 e. The first-order chi connectivity index (χ1) is 15.0. The van der Waals surface area contributed by atoms with Crippen LogP contribution in [0.25, 0.3) is 0 Å². The Morgan fingerprint density at radius 1 is 1.03 bits per heavy atom. The SMILES string of the molecule is COc1ccc(N2C[C@H](NC(=O)CCCN3C(=O)c4ccccc4C3=O)CC2=O)cc1. The molecule has 31 heavy (non-hydrogen) atoms. The average molecular weight is 421 g/mol. The van der Waals surface area contributed by atoms with E-state index in [4.69, 9.17) is 4.74 Å². The highest BCUT2D eigenvalue weighted by atomic mass is 16.5. The van der Waals surface area contributed by atoms with Gasteiger partial charge in [-0.15, -0.1) is 0 Å². The van der Waals surface area contributed by atoms with E-state index < -0.39 is 0 Å². The highest BCUT2D eigenvalue weighted by Crippen LogP contribution is 2.25. The predicted molar refractivity (Wildman–Crippen MR) is 113 cm³/mol. The fourth-order valence-corrected chi connectivity index (χ4v) is 3.96. The van der Waals surface area contributed by atoms with Gasteiger partial charge < -0.3 is 15.0 Å². The van der Waals surface area contributed by atoms with Crippen molar-refractivity contribution in [1.29, 1.82) is 0 Å². The van der Waals surface area contributed by atoms with E-state index in [0.29, 0.717) is 29.8 Å². The van der Waals surface area contributed by atoms with Gasteiger partial charge >= 0.3 is 0 Å². The van der Waals surface area contributed by atoms with Crippen LogP contribution in [0.3, 0.4) is 0 Å². The molecular weight excluding hydrogens is 398 g/mol. The number of benzene rings is 2. The van der Waals surface area contributed by atoms with E-state index in [2.05, 4.69) is 5.32 Å². The number of anilines is 1. The third-order valence-corrected chi connectivity index (χ3v) is 5.54. The van der Waals surface area contributed by atoms with Crippen molar-refractivity contribution in [2.45, 2.75) is 25.3 Å². The maximum absolute atomic E-state index is 12.4. The number of carbonyl (C=O) groups excluding carboxylic acids is 4. The standard InChI is InChI=1S/C23H23N3O5/c1-31-17-10-8-16(9-11-17)26-14-15(13-21(26)28)24-20(27)7-4-12-25-22(29)18-5-2-3-6-19(18)23(25)30/h2-3,5-6,8-11,15H,4,7,12-14H2,1H3,(H,24,27)/t15-/m1/s1. The Balaban J connectivity index is 1.26. The summed E-state index contributed by atoms with van der Waals surface area (Å²) in [4.78, 5) is 52.2. The molecule has 1 fully saturated rings. The third kappa shape index (κ3) is 4.14. The normalized spacial score (nSPS) is 17.8. The van der Waals surface area contributed by atoms with Crippen LogP contribution in [0.2, 0.25) is 0 Å². The van der Waals surface area contributed by atoms with Gasteiger partial charge in [-0.2, -0.15) is 0 Å². The molecule has 160 valence electrons. The first-order valence-electron chi connectivity index (χ1n) is 10.2. The van der Waals surface area contributed by atoms with Gasteiger partial charge in [-0.25, -0.2) is 0 Å². The molecule has 0 aliphatic carbocycles. The number of nitrogens with zero attached hydrogens (tertiary/aromatic N) is 2. The van der Waals surface area contributed by atoms with Gasteiger partial charge in [-0.3, -0.25) is 24.1 Å². The van der Waals surface area contributed by atoms with Gasteiger partial charge in [0, 0.05) is 31.6 Å². The molecule has 0 aromatic heterocycles. The lowest BCUT2D eigenvalue weighted by Gasteiger charge is -2.18. The predicted octanol–water partition coefficient (Wildman–Crippen LogP) is 1.99. The summed E-state index contributed by atoms with van der Waals surface area (Å²) in [5.41, 5.74) is 1.56. The molecule has 0 spiro atoms. The van der Waals surface area contributed by atoms with Crippen LogP contribution >= 0.6 is 0 Å². The van der Waals surface area contributed by atoms with Crippen molar-refractivity contribution >= 4 is 29.3 Å². The van der Waals surface area contributed by atoms with Gasteiger partial charge in [-0.1, -0.05) is 12.1 Å². The van der Waals surface area contributed by atoms with E-state index in [1.807, 2.05) is 12.1 Å². The molecule has 2 aromatic rings. The number of nitrogens with one attached hydrogen (secondary N) is 1. The molecule has 2 heterocycles. The molecule has 2 aromatic carbocycles. The Hall–Kier alpha value is -3.68. The molecule has 1 N–H and O–H groups in total. The van der Waals surface area contributed by atoms with Crippen molar-refractivity contribution in [1.82, 2.24) is 10.2 Å². The summed E-state index contributed by atoms with van der Waals surface area (Å²) in [6.07, 6.45) is 0.761. The Morgan fingerprint density at radius 3 is 2.29 bits per heavy atom. The van der Waals surface area contributed by atoms with Crippen LogP contribution in [0.5, 0.6) is 5.75 Å². The second kappa shape index (κ2) is 8.59. The Kier molecular flexibility index (Phi) is 5.70. The molecule has 4 amide bonds. The molecule has 0 unspecified atom stereocenters. The summed E-state index contributed by atoms with van der Waals surface area (Å²) in [7, 11) is 1.58. The minimum Gasteiger partial charge on any atom is -0.497 e. The molecule has 4 rings (SSSR count). The molecule has 2 aliphatic rings. The zero-order chi connectivity index (χ0) is 22.0.